The molecule has 0 atom stereocenters. The Morgan fingerprint density at radius 2 is 1.64 bits per heavy atom. The summed E-state index contributed by atoms with van der Waals surface area (Å²) in [5.41, 5.74) is 0.479. The van der Waals surface area contributed by atoms with Crippen molar-refractivity contribution in [3.63, 3.8) is 0 Å². The van der Waals surface area contributed by atoms with Gasteiger partial charge in [0.15, 0.2) is 0 Å². The predicted octanol–water partition coefficient (Wildman–Crippen LogP) is 3.46. The molecule has 0 bridgehead atoms. The SMILES string of the molecule is CCC(=O)CC.O=Nc1ccccc1. The van der Waals surface area contributed by atoms with Crippen LogP contribution >= 0.6 is 0 Å². The number of nitrogens with zero attached hydrogens (tertiary/aromatic N) is 1. The molecule has 0 amide bonds. The second-order valence-electron chi connectivity index (χ2n) is 2.67. The molecule has 0 N–H and O–H groups in total. The number of benzene rings is 1. The van der Waals surface area contributed by atoms with Crippen LogP contribution in [0.5, 0.6) is 0 Å². The smallest absolute Gasteiger partial charge is 0.132 e. The van der Waals surface area contributed by atoms with Crippen molar-refractivity contribution >= 4 is 11.5 Å². The van der Waals surface area contributed by atoms with Crippen LogP contribution in [0, 0.1) is 4.91 Å². The largest absolute Gasteiger partial charge is 0.300 e. The van der Waals surface area contributed by atoms with E-state index in [9.17, 15) is 9.70 Å². The Hall–Kier alpha value is -1.51. The second-order valence-corrected chi connectivity index (χ2v) is 2.67. The highest BCUT2D eigenvalue weighted by atomic mass is 16.3. The minimum atomic E-state index is 0.343. The number of carbonyl (C=O) groups is 1. The molecule has 0 spiro atoms. The van der Waals surface area contributed by atoms with E-state index in [0.29, 0.717) is 24.3 Å². The van der Waals surface area contributed by atoms with Crippen molar-refractivity contribution in [1.29, 1.82) is 0 Å². The summed E-state index contributed by atoms with van der Waals surface area (Å²) in [5.74, 6) is 0.343. The van der Waals surface area contributed by atoms with Crippen LogP contribution in [0.4, 0.5) is 5.69 Å². The lowest BCUT2D eigenvalue weighted by Crippen LogP contribution is -1.88. The highest BCUT2D eigenvalue weighted by Crippen LogP contribution is 2.07. The molecule has 0 aliphatic heterocycles. The first-order valence-corrected chi connectivity index (χ1v) is 4.64. The summed E-state index contributed by atoms with van der Waals surface area (Å²) >= 11 is 0. The van der Waals surface area contributed by atoms with Gasteiger partial charge < -0.3 is 0 Å². The van der Waals surface area contributed by atoms with E-state index in [1.165, 1.54) is 0 Å². The number of ketones is 1. The quantitative estimate of drug-likeness (QED) is 0.690. The molecule has 14 heavy (non-hydrogen) atoms. The molecule has 1 aromatic carbocycles. The molecular weight excluding hydrogens is 178 g/mol. The molecule has 1 aromatic rings. The zero-order valence-corrected chi connectivity index (χ0v) is 8.56. The summed E-state index contributed by atoms with van der Waals surface area (Å²) in [6.07, 6.45) is 1.38. The van der Waals surface area contributed by atoms with Gasteiger partial charge in [0.25, 0.3) is 0 Å². The Kier molecular flexibility index (Phi) is 7.23. The fourth-order valence-corrected chi connectivity index (χ4v) is 0.739. The Morgan fingerprint density at radius 1 is 1.14 bits per heavy atom. The first-order chi connectivity index (χ1) is 6.74. The van der Waals surface area contributed by atoms with Crippen LogP contribution in [-0.4, -0.2) is 5.78 Å². The van der Waals surface area contributed by atoms with Gasteiger partial charge in [0.1, 0.15) is 11.5 Å². The number of carbonyl (C=O) groups excluding carboxylic acids is 1. The minimum Gasteiger partial charge on any atom is -0.300 e. The van der Waals surface area contributed by atoms with Crippen LogP contribution in [0.25, 0.3) is 0 Å². The zero-order chi connectivity index (χ0) is 10.8. The summed E-state index contributed by atoms with van der Waals surface area (Å²) in [4.78, 5) is 19.9. The number of hydrogen-bond acceptors (Lipinski definition) is 3. The molecule has 0 radical (unpaired) electrons. The van der Waals surface area contributed by atoms with Crippen LogP contribution < -0.4 is 0 Å². The van der Waals surface area contributed by atoms with Crippen LogP contribution in [0.1, 0.15) is 26.7 Å². The van der Waals surface area contributed by atoms with Gasteiger partial charge in [-0.15, -0.1) is 4.91 Å². The maximum absolute atomic E-state index is 10.2. The number of nitroso groups, excluding NO2 is 1. The number of Topliss-reactive ketones (excluding diaryl/α,β-unsaturated/α-hetero) is 1. The van der Waals surface area contributed by atoms with Gasteiger partial charge in [-0.25, -0.2) is 0 Å². The molecule has 0 saturated carbocycles. The maximum Gasteiger partial charge on any atom is 0.132 e. The topological polar surface area (TPSA) is 46.5 Å². The molecular formula is C11H15NO2. The van der Waals surface area contributed by atoms with E-state index in [1.807, 2.05) is 19.9 Å². The van der Waals surface area contributed by atoms with E-state index >= 15 is 0 Å². The standard InChI is InChI=1S/C6H5NO.C5H10O/c8-7-6-4-2-1-3-5-6;1-3-5(6)4-2/h1-5H;3-4H2,1-2H3. The molecule has 3 nitrogen and oxygen atoms in total. The lowest BCUT2D eigenvalue weighted by atomic mass is 10.3. The summed E-state index contributed by atoms with van der Waals surface area (Å²) in [5, 5.41) is 2.72. The van der Waals surface area contributed by atoms with Crippen molar-refractivity contribution in [3.8, 4) is 0 Å². The van der Waals surface area contributed by atoms with E-state index < -0.39 is 0 Å². The average Bonchev–Trinajstić information content (AvgIpc) is 2.30. The first kappa shape index (κ1) is 12.5. The van der Waals surface area contributed by atoms with Gasteiger partial charge in [-0.2, -0.15) is 0 Å². The maximum atomic E-state index is 10.2. The zero-order valence-electron chi connectivity index (χ0n) is 8.56. The highest BCUT2D eigenvalue weighted by molar-refractivity contribution is 5.77. The average molecular weight is 193 g/mol. The van der Waals surface area contributed by atoms with Crippen molar-refractivity contribution in [1.82, 2.24) is 0 Å². The highest BCUT2D eigenvalue weighted by Gasteiger charge is 1.86. The monoisotopic (exact) mass is 193 g/mol. The molecule has 0 fully saturated rings. The van der Waals surface area contributed by atoms with E-state index in [1.54, 1.807) is 24.3 Å². The van der Waals surface area contributed by atoms with E-state index in [-0.39, 0.29) is 0 Å². The van der Waals surface area contributed by atoms with Gasteiger partial charge in [-0.1, -0.05) is 32.0 Å². The normalized spacial score (nSPS) is 8.43. The summed E-state index contributed by atoms with van der Waals surface area (Å²) in [7, 11) is 0. The van der Waals surface area contributed by atoms with Gasteiger partial charge in [0.2, 0.25) is 0 Å². The fourth-order valence-electron chi connectivity index (χ4n) is 0.739. The van der Waals surface area contributed by atoms with Gasteiger partial charge in [0, 0.05) is 12.8 Å². The third-order valence-corrected chi connectivity index (χ3v) is 1.65. The lowest BCUT2D eigenvalue weighted by Gasteiger charge is -1.81. The van der Waals surface area contributed by atoms with Crippen molar-refractivity contribution in [2.45, 2.75) is 26.7 Å². The molecule has 0 aromatic heterocycles. The third-order valence-electron chi connectivity index (χ3n) is 1.65. The van der Waals surface area contributed by atoms with Crippen molar-refractivity contribution in [2.24, 2.45) is 5.18 Å². The Morgan fingerprint density at radius 3 is 1.86 bits per heavy atom. The van der Waals surface area contributed by atoms with Gasteiger partial charge in [0.05, 0.1) is 0 Å². The van der Waals surface area contributed by atoms with Gasteiger partial charge in [-0.05, 0) is 17.3 Å². The first-order valence-electron chi connectivity index (χ1n) is 4.64. The predicted molar refractivity (Wildman–Crippen MR) is 57.5 cm³/mol. The van der Waals surface area contributed by atoms with Crippen LogP contribution in [0.15, 0.2) is 35.5 Å². The van der Waals surface area contributed by atoms with Gasteiger partial charge in [-0.3, -0.25) is 4.79 Å². The van der Waals surface area contributed by atoms with E-state index in [0.717, 1.165) is 0 Å². The number of rotatable bonds is 3. The van der Waals surface area contributed by atoms with Crippen LogP contribution in [0.3, 0.4) is 0 Å². The van der Waals surface area contributed by atoms with E-state index in [2.05, 4.69) is 5.18 Å². The van der Waals surface area contributed by atoms with Crippen LogP contribution in [0.2, 0.25) is 0 Å². The second kappa shape index (κ2) is 8.10. The Labute approximate surface area is 84.1 Å². The molecule has 0 heterocycles. The third kappa shape index (κ3) is 6.06. The molecule has 0 unspecified atom stereocenters. The molecule has 76 valence electrons. The molecule has 0 aliphatic carbocycles. The fraction of sp³-hybridized carbons (Fsp3) is 0.364. The van der Waals surface area contributed by atoms with Gasteiger partial charge >= 0.3 is 0 Å². The molecule has 0 aliphatic rings. The van der Waals surface area contributed by atoms with Crippen molar-refractivity contribution in [2.75, 3.05) is 0 Å². The Balaban J connectivity index is 0.000000255. The summed E-state index contributed by atoms with van der Waals surface area (Å²) < 4.78 is 0. The Bertz CT molecular complexity index is 264. The molecule has 3 heteroatoms. The van der Waals surface area contributed by atoms with Crippen molar-refractivity contribution < 1.29 is 4.79 Å². The van der Waals surface area contributed by atoms with Crippen molar-refractivity contribution in [3.05, 3.63) is 35.2 Å². The number of hydrogen-bond donors (Lipinski definition) is 0. The minimum absolute atomic E-state index is 0.343. The lowest BCUT2D eigenvalue weighted by molar-refractivity contribution is -0.118. The van der Waals surface area contributed by atoms with E-state index in [4.69, 9.17) is 0 Å². The molecule has 1 rings (SSSR count). The molecule has 0 saturated heterocycles. The van der Waals surface area contributed by atoms with Crippen LogP contribution in [-0.2, 0) is 4.79 Å². The summed E-state index contributed by atoms with van der Waals surface area (Å²) in [6.45, 7) is 3.76. The summed E-state index contributed by atoms with van der Waals surface area (Å²) in [6, 6.07) is 8.71.